The molecule has 1 unspecified atom stereocenters. The van der Waals surface area contributed by atoms with E-state index < -0.39 is 17.9 Å². The molecule has 3 amide bonds. The number of nitrogens with one attached hydrogen (secondary N) is 2. The van der Waals surface area contributed by atoms with E-state index in [1.807, 2.05) is 0 Å². The van der Waals surface area contributed by atoms with Crippen LogP contribution in [0.1, 0.15) is 23.7 Å². The Hall–Kier alpha value is -2.57. The molecule has 1 aromatic rings. The number of carboxylic acid groups (broad SMARTS) is 1. The molecule has 1 aliphatic heterocycles. The molecular weight excluding hydrogens is 274 g/mol. The molecule has 1 atom stereocenters. The van der Waals surface area contributed by atoms with Crippen LogP contribution in [-0.4, -0.2) is 42.1 Å². The number of carbonyl (C=O) groups is 3. The zero-order valence-corrected chi connectivity index (χ0v) is 11.6. The van der Waals surface area contributed by atoms with Gasteiger partial charge in [-0.2, -0.15) is 0 Å². The van der Waals surface area contributed by atoms with Gasteiger partial charge in [-0.15, -0.1) is 0 Å². The summed E-state index contributed by atoms with van der Waals surface area (Å²) >= 11 is 0. The highest BCUT2D eigenvalue weighted by atomic mass is 16.4. The summed E-state index contributed by atoms with van der Waals surface area (Å²) in [6.45, 7) is 2.87. The lowest BCUT2D eigenvalue weighted by molar-refractivity contribution is -0.139. The molecule has 112 valence electrons. The average molecular weight is 291 g/mol. The first-order chi connectivity index (χ1) is 10.0. The average Bonchev–Trinajstić information content (AvgIpc) is 2.90. The molecule has 3 N–H and O–H groups in total. The molecule has 1 saturated heterocycles. The van der Waals surface area contributed by atoms with E-state index >= 15 is 0 Å². The summed E-state index contributed by atoms with van der Waals surface area (Å²) in [5, 5.41) is 14.1. The molecule has 0 radical (unpaired) electrons. The largest absolute Gasteiger partial charge is 0.480 e. The summed E-state index contributed by atoms with van der Waals surface area (Å²) < 4.78 is 0. The van der Waals surface area contributed by atoms with Gasteiger partial charge in [-0.05, 0) is 30.7 Å². The Morgan fingerprint density at radius 2 is 2.05 bits per heavy atom. The Bertz CT molecular complexity index is 556. The van der Waals surface area contributed by atoms with E-state index in [0.717, 1.165) is 0 Å². The number of anilines is 1. The number of carbonyl (C=O) groups excluding carboxylic acids is 2. The number of nitrogens with zero attached hydrogens (tertiary/aromatic N) is 1. The highest BCUT2D eigenvalue weighted by Gasteiger charge is 2.22. The van der Waals surface area contributed by atoms with Crippen molar-refractivity contribution in [3.05, 3.63) is 29.8 Å². The Morgan fingerprint density at radius 3 is 2.52 bits per heavy atom. The lowest BCUT2D eigenvalue weighted by atomic mass is 10.1. The fourth-order valence-corrected chi connectivity index (χ4v) is 2.09. The zero-order valence-electron chi connectivity index (χ0n) is 11.6. The van der Waals surface area contributed by atoms with Gasteiger partial charge in [-0.25, -0.2) is 9.59 Å². The Balaban J connectivity index is 2.06. The number of rotatable bonds is 5. The Labute approximate surface area is 121 Å². The quantitative estimate of drug-likeness (QED) is 0.747. The Kier molecular flexibility index (Phi) is 4.42. The summed E-state index contributed by atoms with van der Waals surface area (Å²) in [4.78, 5) is 35.9. The number of hydrogen-bond acceptors (Lipinski definition) is 3. The Morgan fingerprint density at radius 1 is 1.38 bits per heavy atom. The second kappa shape index (κ2) is 6.25. The number of urea groups is 1. The van der Waals surface area contributed by atoms with Crippen LogP contribution in [-0.2, 0) is 4.79 Å². The van der Waals surface area contributed by atoms with Gasteiger partial charge in [0.1, 0.15) is 6.04 Å². The maximum atomic E-state index is 11.9. The van der Waals surface area contributed by atoms with Crippen LogP contribution >= 0.6 is 0 Å². The summed E-state index contributed by atoms with van der Waals surface area (Å²) in [6, 6.07) is 5.42. The van der Waals surface area contributed by atoms with Crippen molar-refractivity contribution in [1.82, 2.24) is 10.6 Å². The zero-order chi connectivity index (χ0) is 15.4. The van der Waals surface area contributed by atoms with E-state index in [9.17, 15) is 14.4 Å². The fraction of sp³-hybridized carbons (Fsp3) is 0.357. The standard InChI is InChI=1S/C14H17N3O4/c1-2-11(13(19)20)16-12(18)9-3-5-10(6-4-9)17-8-7-15-14(17)21/h3-6,11H,2,7-8H2,1H3,(H,15,21)(H,16,18)(H,19,20). The molecule has 0 aliphatic carbocycles. The van der Waals surface area contributed by atoms with Crippen molar-refractivity contribution in [2.45, 2.75) is 19.4 Å². The topological polar surface area (TPSA) is 98.7 Å². The molecular formula is C14H17N3O4. The van der Waals surface area contributed by atoms with Crippen molar-refractivity contribution >= 4 is 23.6 Å². The molecule has 7 nitrogen and oxygen atoms in total. The molecule has 2 rings (SSSR count). The van der Waals surface area contributed by atoms with Gasteiger partial charge in [-0.3, -0.25) is 9.69 Å². The van der Waals surface area contributed by atoms with Gasteiger partial charge in [0.25, 0.3) is 5.91 Å². The van der Waals surface area contributed by atoms with Gasteiger partial charge in [0, 0.05) is 24.3 Å². The molecule has 0 bridgehead atoms. The van der Waals surface area contributed by atoms with Crippen LogP contribution in [0.3, 0.4) is 0 Å². The van der Waals surface area contributed by atoms with Crippen LogP contribution in [0.15, 0.2) is 24.3 Å². The summed E-state index contributed by atoms with van der Waals surface area (Å²) in [5.41, 5.74) is 1.06. The van der Waals surface area contributed by atoms with Gasteiger partial charge >= 0.3 is 12.0 Å². The lowest BCUT2D eigenvalue weighted by Gasteiger charge is -2.15. The molecule has 7 heteroatoms. The van der Waals surface area contributed by atoms with Gasteiger partial charge in [0.05, 0.1) is 0 Å². The van der Waals surface area contributed by atoms with Gasteiger partial charge in [0.2, 0.25) is 0 Å². The number of benzene rings is 1. The summed E-state index contributed by atoms with van der Waals surface area (Å²) in [6.07, 6.45) is 0.313. The first-order valence-electron chi connectivity index (χ1n) is 6.72. The van der Waals surface area contributed by atoms with Crippen molar-refractivity contribution in [3.8, 4) is 0 Å². The minimum absolute atomic E-state index is 0.163. The third-order valence-electron chi connectivity index (χ3n) is 3.31. The minimum Gasteiger partial charge on any atom is -0.480 e. The predicted octanol–water partition coefficient (Wildman–Crippen LogP) is 0.809. The summed E-state index contributed by atoms with van der Waals surface area (Å²) in [5.74, 6) is -1.50. The van der Waals surface area contributed by atoms with Crippen LogP contribution in [0, 0.1) is 0 Å². The molecule has 1 aromatic carbocycles. The van der Waals surface area contributed by atoms with Gasteiger partial charge in [-0.1, -0.05) is 6.92 Å². The molecule has 0 spiro atoms. The number of aliphatic carboxylic acids is 1. The van der Waals surface area contributed by atoms with E-state index in [-0.39, 0.29) is 6.03 Å². The minimum atomic E-state index is -1.06. The van der Waals surface area contributed by atoms with E-state index in [4.69, 9.17) is 5.11 Å². The van der Waals surface area contributed by atoms with Crippen molar-refractivity contribution in [3.63, 3.8) is 0 Å². The van der Waals surface area contributed by atoms with Crippen molar-refractivity contribution in [2.24, 2.45) is 0 Å². The third kappa shape index (κ3) is 3.31. The van der Waals surface area contributed by atoms with Gasteiger partial charge < -0.3 is 15.7 Å². The second-order valence-corrected chi connectivity index (χ2v) is 4.70. The highest BCUT2D eigenvalue weighted by molar-refractivity contribution is 5.98. The van der Waals surface area contributed by atoms with Crippen molar-refractivity contribution < 1.29 is 19.5 Å². The number of amides is 3. The van der Waals surface area contributed by atoms with Crippen LogP contribution in [0.4, 0.5) is 10.5 Å². The fourth-order valence-electron chi connectivity index (χ4n) is 2.09. The molecule has 0 saturated carbocycles. The van der Waals surface area contributed by atoms with E-state index in [0.29, 0.717) is 30.8 Å². The van der Waals surface area contributed by atoms with Crippen LogP contribution in [0.5, 0.6) is 0 Å². The van der Waals surface area contributed by atoms with Crippen LogP contribution < -0.4 is 15.5 Å². The maximum Gasteiger partial charge on any atom is 0.326 e. The highest BCUT2D eigenvalue weighted by Crippen LogP contribution is 2.17. The molecule has 1 aliphatic rings. The van der Waals surface area contributed by atoms with Crippen molar-refractivity contribution in [2.75, 3.05) is 18.0 Å². The maximum absolute atomic E-state index is 11.9. The van der Waals surface area contributed by atoms with E-state index in [1.165, 1.54) is 0 Å². The first kappa shape index (κ1) is 14.8. The first-order valence-corrected chi connectivity index (χ1v) is 6.72. The SMILES string of the molecule is CCC(NC(=O)c1ccc(N2CCNC2=O)cc1)C(=O)O. The number of carboxylic acids is 1. The van der Waals surface area contributed by atoms with Crippen molar-refractivity contribution in [1.29, 1.82) is 0 Å². The number of hydrogen-bond donors (Lipinski definition) is 3. The summed E-state index contributed by atoms with van der Waals surface area (Å²) in [7, 11) is 0. The van der Waals surface area contributed by atoms with Crippen LogP contribution in [0.2, 0.25) is 0 Å². The molecule has 0 aromatic heterocycles. The molecule has 21 heavy (non-hydrogen) atoms. The van der Waals surface area contributed by atoms with E-state index in [1.54, 1.807) is 36.1 Å². The normalized spacial score (nSPS) is 15.5. The molecule has 1 heterocycles. The smallest absolute Gasteiger partial charge is 0.326 e. The second-order valence-electron chi connectivity index (χ2n) is 4.70. The monoisotopic (exact) mass is 291 g/mol. The van der Waals surface area contributed by atoms with E-state index in [2.05, 4.69) is 10.6 Å². The van der Waals surface area contributed by atoms with Crippen LogP contribution in [0.25, 0.3) is 0 Å². The lowest BCUT2D eigenvalue weighted by Crippen LogP contribution is -2.40. The molecule has 1 fully saturated rings. The third-order valence-corrected chi connectivity index (χ3v) is 3.31. The van der Waals surface area contributed by atoms with Gasteiger partial charge in [0.15, 0.2) is 0 Å². The predicted molar refractivity (Wildman–Crippen MR) is 76.4 cm³/mol.